The van der Waals surface area contributed by atoms with E-state index in [1.165, 1.54) is 12.1 Å². The molecule has 0 radical (unpaired) electrons. The molecule has 2 aromatic carbocycles. The first-order valence-corrected chi connectivity index (χ1v) is 7.63. The Labute approximate surface area is 143 Å². The molecule has 0 unspecified atom stereocenters. The molecule has 0 aromatic heterocycles. The maximum absolute atomic E-state index is 12.4. The third kappa shape index (κ3) is 3.60. The molecule has 2 aromatic rings. The van der Waals surface area contributed by atoms with Crippen LogP contribution in [0.25, 0.3) is 0 Å². The highest BCUT2D eigenvalue weighted by Gasteiger charge is 2.19. The smallest absolute Gasteiger partial charge is 0.387 e. The van der Waals surface area contributed by atoms with Crippen molar-refractivity contribution >= 4 is 23.2 Å². The van der Waals surface area contributed by atoms with Gasteiger partial charge < -0.3 is 15.4 Å². The number of hydrogen-bond acceptors (Lipinski definition) is 3. The zero-order chi connectivity index (χ0) is 18.1. The van der Waals surface area contributed by atoms with E-state index in [4.69, 9.17) is 0 Å². The summed E-state index contributed by atoms with van der Waals surface area (Å²) >= 11 is 0. The van der Waals surface area contributed by atoms with Gasteiger partial charge in [0.15, 0.2) is 0 Å². The van der Waals surface area contributed by atoms with Crippen LogP contribution in [0, 0.1) is 13.8 Å². The number of amides is 2. The number of alkyl halides is 2. The Kier molecular flexibility index (Phi) is 4.39. The summed E-state index contributed by atoms with van der Waals surface area (Å²) < 4.78 is 29.4. The van der Waals surface area contributed by atoms with Crippen LogP contribution in [0.3, 0.4) is 0 Å². The number of rotatable bonds is 4. The Morgan fingerprint density at radius 3 is 2.52 bits per heavy atom. The molecule has 0 fully saturated rings. The van der Waals surface area contributed by atoms with E-state index in [0.29, 0.717) is 22.4 Å². The minimum Gasteiger partial charge on any atom is -0.434 e. The third-order valence-corrected chi connectivity index (χ3v) is 3.92. The van der Waals surface area contributed by atoms with E-state index in [-0.39, 0.29) is 24.0 Å². The second-order valence-corrected chi connectivity index (χ2v) is 5.87. The first-order chi connectivity index (χ1) is 11.8. The van der Waals surface area contributed by atoms with Gasteiger partial charge >= 0.3 is 6.61 Å². The molecule has 0 aliphatic carbocycles. The highest BCUT2D eigenvalue weighted by atomic mass is 19.3. The molecule has 130 valence electrons. The van der Waals surface area contributed by atoms with Gasteiger partial charge in [-0.1, -0.05) is 0 Å². The molecule has 2 N–H and O–H groups in total. The predicted octanol–water partition coefficient (Wildman–Crippen LogP) is 3.65. The maximum atomic E-state index is 12.4. The van der Waals surface area contributed by atoms with Crippen molar-refractivity contribution < 1.29 is 23.1 Å². The molecule has 0 saturated carbocycles. The summed E-state index contributed by atoms with van der Waals surface area (Å²) in [6.45, 7) is 0.294. The Hall–Kier alpha value is -2.96. The van der Waals surface area contributed by atoms with Crippen molar-refractivity contribution in [3.63, 3.8) is 0 Å². The molecule has 5 nitrogen and oxygen atoms in total. The summed E-state index contributed by atoms with van der Waals surface area (Å²) in [6, 6.07) is 8.15. The average molecular weight is 346 g/mol. The van der Waals surface area contributed by atoms with E-state index in [1.54, 1.807) is 32.0 Å². The van der Waals surface area contributed by atoms with Gasteiger partial charge in [0.05, 0.1) is 6.42 Å². The van der Waals surface area contributed by atoms with E-state index in [0.717, 1.165) is 11.3 Å². The fraction of sp³-hybridized carbons (Fsp3) is 0.222. The molecule has 7 heteroatoms. The summed E-state index contributed by atoms with van der Waals surface area (Å²) in [6.07, 6.45) is 0.275. The number of aryl methyl sites for hydroxylation is 2. The molecule has 1 heterocycles. The van der Waals surface area contributed by atoms with E-state index < -0.39 is 6.61 Å². The number of benzene rings is 2. The highest BCUT2D eigenvalue weighted by molar-refractivity contribution is 6.05. The topological polar surface area (TPSA) is 67.4 Å². The number of halogens is 2. The van der Waals surface area contributed by atoms with Gasteiger partial charge in [-0.25, -0.2) is 0 Å². The second-order valence-electron chi connectivity index (χ2n) is 5.87. The van der Waals surface area contributed by atoms with E-state index in [2.05, 4.69) is 15.4 Å². The number of anilines is 2. The molecular formula is C18H16F2N2O3. The first kappa shape index (κ1) is 16.9. The number of carbonyl (C=O) groups excluding carboxylic acids is 2. The van der Waals surface area contributed by atoms with Crippen LogP contribution in [0.2, 0.25) is 0 Å². The predicted molar refractivity (Wildman–Crippen MR) is 89.3 cm³/mol. The monoisotopic (exact) mass is 346 g/mol. The Morgan fingerprint density at radius 2 is 1.88 bits per heavy atom. The molecule has 3 rings (SSSR count). The van der Waals surface area contributed by atoms with Crippen LogP contribution in [0.15, 0.2) is 30.3 Å². The van der Waals surface area contributed by atoms with Gasteiger partial charge in [-0.2, -0.15) is 8.78 Å². The lowest BCUT2D eigenvalue weighted by molar-refractivity contribution is -0.115. The summed E-state index contributed by atoms with van der Waals surface area (Å²) in [5.41, 5.74) is 3.36. The number of carbonyl (C=O) groups is 2. The number of ether oxygens (including phenoxy) is 1. The van der Waals surface area contributed by atoms with Crippen molar-refractivity contribution in [2.24, 2.45) is 0 Å². The standard InChI is InChI=1S/C18H16F2N2O3/c1-9-5-12(6-10(2)16(9)25-18(19)20)17(24)21-13-3-4-14-11(7-13)8-15(23)22-14/h3-7,18H,8H2,1-2H3,(H,21,24)(H,22,23). The van der Waals surface area contributed by atoms with Crippen LogP contribution in [0.5, 0.6) is 5.75 Å². The Morgan fingerprint density at radius 1 is 1.20 bits per heavy atom. The molecule has 0 spiro atoms. The molecule has 0 saturated heterocycles. The maximum Gasteiger partial charge on any atom is 0.387 e. The van der Waals surface area contributed by atoms with Crippen molar-refractivity contribution in [2.45, 2.75) is 26.9 Å². The van der Waals surface area contributed by atoms with Gasteiger partial charge in [0, 0.05) is 16.9 Å². The molecule has 1 aliphatic rings. The van der Waals surface area contributed by atoms with E-state index in [1.807, 2.05) is 0 Å². The van der Waals surface area contributed by atoms with E-state index >= 15 is 0 Å². The van der Waals surface area contributed by atoms with Crippen LogP contribution in [-0.4, -0.2) is 18.4 Å². The minimum atomic E-state index is -2.92. The molecule has 1 aliphatic heterocycles. The Bertz CT molecular complexity index is 842. The quantitative estimate of drug-likeness (QED) is 0.888. The lowest BCUT2D eigenvalue weighted by Crippen LogP contribution is -2.13. The molecule has 0 atom stereocenters. The average Bonchev–Trinajstić information content (AvgIpc) is 2.89. The molecule has 0 bridgehead atoms. The third-order valence-electron chi connectivity index (χ3n) is 3.92. The lowest BCUT2D eigenvalue weighted by Gasteiger charge is -2.13. The normalized spacial score (nSPS) is 12.8. The SMILES string of the molecule is Cc1cc(C(=O)Nc2ccc3c(c2)CC(=O)N3)cc(C)c1OC(F)F. The van der Waals surface area contributed by atoms with Gasteiger partial charge in [0.25, 0.3) is 5.91 Å². The lowest BCUT2D eigenvalue weighted by atomic mass is 10.0. The van der Waals surface area contributed by atoms with Gasteiger partial charge in [0.2, 0.25) is 5.91 Å². The Balaban J connectivity index is 1.80. The number of hydrogen-bond donors (Lipinski definition) is 2. The van der Waals surface area contributed by atoms with Crippen molar-refractivity contribution in [2.75, 3.05) is 10.6 Å². The summed E-state index contributed by atoms with van der Waals surface area (Å²) in [5, 5.41) is 5.47. The number of nitrogens with one attached hydrogen (secondary N) is 2. The summed E-state index contributed by atoms with van der Waals surface area (Å²) in [5.74, 6) is -0.375. The van der Waals surface area contributed by atoms with Crippen LogP contribution in [-0.2, 0) is 11.2 Å². The second kappa shape index (κ2) is 6.51. The first-order valence-electron chi connectivity index (χ1n) is 7.63. The van der Waals surface area contributed by atoms with Crippen LogP contribution in [0.4, 0.5) is 20.2 Å². The highest BCUT2D eigenvalue weighted by Crippen LogP contribution is 2.28. The molecular weight excluding hydrogens is 330 g/mol. The molecule has 25 heavy (non-hydrogen) atoms. The van der Waals surface area contributed by atoms with Crippen molar-refractivity contribution in [1.82, 2.24) is 0 Å². The van der Waals surface area contributed by atoms with Crippen LogP contribution >= 0.6 is 0 Å². The van der Waals surface area contributed by atoms with E-state index in [9.17, 15) is 18.4 Å². The number of fused-ring (bicyclic) bond motifs is 1. The summed E-state index contributed by atoms with van der Waals surface area (Å²) in [7, 11) is 0. The van der Waals surface area contributed by atoms with Crippen LogP contribution in [0.1, 0.15) is 27.0 Å². The fourth-order valence-electron chi connectivity index (χ4n) is 2.87. The molecule has 2 amide bonds. The van der Waals surface area contributed by atoms with Gasteiger partial charge in [0.1, 0.15) is 5.75 Å². The minimum absolute atomic E-state index is 0.0775. The van der Waals surface area contributed by atoms with Crippen molar-refractivity contribution in [3.8, 4) is 5.75 Å². The fourth-order valence-corrected chi connectivity index (χ4v) is 2.87. The van der Waals surface area contributed by atoms with Crippen molar-refractivity contribution in [3.05, 3.63) is 52.6 Å². The zero-order valence-electron chi connectivity index (χ0n) is 13.7. The van der Waals surface area contributed by atoms with Crippen LogP contribution < -0.4 is 15.4 Å². The van der Waals surface area contributed by atoms with Gasteiger partial charge in [-0.15, -0.1) is 0 Å². The van der Waals surface area contributed by atoms with Gasteiger partial charge in [-0.05, 0) is 60.9 Å². The zero-order valence-corrected chi connectivity index (χ0v) is 13.7. The largest absolute Gasteiger partial charge is 0.434 e. The summed E-state index contributed by atoms with van der Waals surface area (Å²) in [4.78, 5) is 23.8. The van der Waals surface area contributed by atoms with Gasteiger partial charge in [-0.3, -0.25) is 9.59 Å². The van der Waals surface area contributed by atoms with Crippen molar-refractivity contribution in [1.29, 1.82) is 0 Å².